The predicted molar refractivity (Wildman–Crippen MR) is 122 cm³/mol. The van der Waals surface area contributed by atoms with E-state index in [1.165, 1.54) is 4.31 Å². The van der Waals surface area contributed by atoms with Crippen LogP contribution in [0.2, 0.25) is 0 Å². The summed E-state index contributed by atoms with van der Waals surface area (Å²) in [6, 6.07) is 12.5. The predicted octanol–water partition coefficient (Wildman–Crippen LogP) is 2.24. The lowest BCUT2D eigenvalue weighted by atomic mass is 9.98. The van der Waals surface area contributed by atoms with Gasteiger partial charge in [0.25, 0.3) is 0 Å². The number of para-hydroxylation sites is 1. The van der Waals surface area contributed by atoms with Crippen LogP contribution in [0.5, 0.6) is 11.5 Å². The first kappa shape index (κ1) is 22.4. The number of nitrogens with one attached hydrogen (secondary N) is 1. The number of rotatable bonds is 6. The maximum Gasteiger partial charge on any atom is 0.243 e. The van der Waals surface area contributed by atoms with Crippen molar-refractivity contribution in [2.45, 2.75) is 24.3 Å². The molecular weight excluding hydrogens is 430 g/mol. The van der Waals surface area contributed by atoms with Crippen LogP contribution in [-0.2, 0) is 21.4 Å². The monoisotopic (exact) mass is 459 g/mol. The van der Waals surface area contributed by atoms with Crippen LogP contribution in [0.4, 0.5) is 5.69 Å². The minimum absolute atomic E-state index is 0.147. The lowest BCUT2D eigenvalue weighted by molar-refractivity contribution is -0.126. The van der Waals surface area contributed by atoms with Gasteiger partial charge in [-0.1, -0.05) is 18.2 Å². The quantitative estimate of drug-likeness (QED) is 0.713. The van der Waals surface area contributed by atoms with Gasteiger partial charge >= 0.3 is 0 Å². The molecule has 9 heteroatoms. The second kappa shape index (κ2) is 9.38. The van der Waals surface area contributed by atoms with Gasteiger partial charge in [0.05, 0.1) is 30.2 Å². The van der Waals surface area contributed by atoms with Crippen molar-refractivity contribution in [3.8, 4) is 11.5 Å². The van der Waals surface area contributed by atoms with Crippen LogP contribution in [-0.4, -0.2) is 59.0 Å². The van der Waals surface area contributed by atoms with Gasteiger partial charge in [0.2, 0.25) is 15.9 Å². The molecule has 8 nitrogen and oxygen atoms in total. The molecule has 0 saturated carbocycles. The number of carbonyl (C=O) groups excluding carboxylic acids is 1. The Morgan fingerprint density at radius 2 is 2.03 bits per heavy atom. The summed E-state index contributed by atoms with van der Waals surface area (Å²) in [5, 5.41) is 2.93. The second-order valence-corrected chi connectivity index (χ2v) is 10.1. The van der Waals surface area contributed by atoms with Crippen LogP contribution in [0.1, 0.15) is 18.4 Å². The van der Waals surface area contributed by atoms with Crippen LogP contribution in [0.15, 0.2) is 47.4 Å². The molecule has 0 radical (unpaired) electrons. The number of nitrogens with zero attached hydrogens (tertiary/aromatic N) is 2. The van der Waals surface area contributed by atoms with E-state index in [2.05, 4.69) is 5.32 Å². The maximum absolute atomic E-state index is 13.3. The second-order valence-electron chi connectivity index (χ2n) is 8.13. The van der Waals surface area contributed by atoms with Crippen molar-refractivity contribution >= 4 is 21.6 Å². The van der Waals surface area contributed by atoms with Crippen LogP contribution >= 0.6 is 0 Å². The van der Waals surface area contributed by atoms with Gasteiger partial charge in [0.1, 0.15) is 18.1 Å². The lowest BCUT2D eigenvalue weighted by Gasteiger charge is -2.32. The maximum atomic E-state index is 13.3. The zero-order valence-corrected chi connectivity index (χ0v) is 19.2. The van der Waals surface area contributed by atoms with Gasteiger partial charge < -0.3 is 19.7 Å². The highest BCUT2D eigenvalue weighted by atomic mass is 32.2. The van der Waals surface area contributed by atoms with Crippen LogP contribution in [0.25, 0.3) is 0 Å². The van der Waals surface area contributed by atoms with Gasteiger partial charge in [-0.25, -0.2) is 8.42 Å². The first-order valence-electron chi connectivity index (χ1n) is 10.8. The molecule has 1 N–H and O–H groups in total. The molecule has 0 spiro atoms. The molecule has 1 fully saturated rings. The van der Waals surface area contributed by atoms with Crippen LogP contribution < -0.4 is 19.7 Å². The highest BCUT2D eigenvalue weighted by Crippen LogP contribution is 2.34. The van der Waals surface area contributed by atoms with Crippen molar-refractivity contribution in [1.29, 1.82) is 0 Å². The molecule has 32 heavy (non-hydrogen) atoms. The van der Waals surface area contributed by atoms with E-state index in [4.69, 9.17) is 9.47 Å². The third-order valence-corrected chi connectivity index (χ3v) is 7.93. The molecule has 2 aliphatic rings. The first-order chi connectivity index (χ1) is 15.4. The summed E-state index contributed by atoms with van der Waals surface area (Å²) in [5.74, 6) is 0.739. The van der Waals surface area contributed by atoms with E-state index in [1.807, 2.05) is 36.2 Å². The summed E-state index contributed by atoms with van der Waals surface area (Å²) in [7, 11) is -0.178. The molecule has 1 unspecified atom stereocenters. The summed E-state index contributed by atoms with van der Waals surface area (Å²) in [4.78, 5) is 15.0. The number of hydrogen-bond acceptors (Lipinski definition) is 6. The number of carbonyl (C=O) groups is 1. The van der Waals surface area contributed by atoms with E-state index in [9.17, 15) is 13.2 Å². The van der Waals surface area contributed by atoms with E-state index in [0.717, 1.165) is 17.8 Å². The summed E-state index contributed by atoms with van der Waals surface area (Å²) in [6.07, 6.45) is 1.29. The summed E-state index contributed by atoms with van der Waals surface area (Å²) < 4.78 is 39.0. The third kappa shape index (κ3) is 4.54. The number of anilines is 1. The molecule has 2 heterocycles. The Morgan fingerprint density at radius 1 is 1.22 bits per heavy atom. The Kier molecular flexibility index (Phi) is 6.57. The number of benzene rings is 2. The minimum atomic E-state index is -3.72. The van der Waals surface area contributed by atoms with Gasteiger partial charge in [0.15, 0.2) is 0 Å². The van der Waals surface area contributed by atoms with Crippen molar-refractivity contribution < 1.29 is 22.7 Å². The summed E-state index contributed by atoms with van der Waals surface area (Å²) >= 11 is 0. The number of methoxy groups -OCH3 is 1. The Balaban J connectivity index is 1.44. The van der Waals surface area contributed by atoms with Crippen molar-refractivity contribution in [2.24, 2.45) is 5.92 Å². The van der Waals surface area contributed by atoms with Crippen molar-refractivity contribution in [2.75, 3.05) is 45.3 Å². The molecule has 2 aromatic carbocycles. The normalized spacial score (nSPS) is 19.1. The van der Waals surface area contributed by atoms with Gasteiger partial charge in [-0.05, 0) is 31.0 Å². The molecule has 172 valence electrons. The molecule has 1 saturated heterocycles. The van der Waals surface area contributed by atoms with Gasteiger partial charge in [-0.15, -0.1) is 0 Å². The number of sulfonamides is 1. The fourth-order valence-corrected chi connectivity index (χ4v) is 5.74. The number of piperidine rings is 1. The van der Waals surface area contributed by atoms with E-state index >= 15 is 0 Å². The Bertz CT molecular complexity index is 1090. The molecule has 2 aliphatic heterocycles. The fraction of sp³-hybridized carbons (Fsp3) is 0.435. The number of fused-ring (bicyclic) bond motifs is 1. The van der Waals surface area contributed by atoms with Crippen molar-refractivity contribution in [3.05, 3.63) is 48.0 Å². The first-order valence-corrected chi connectivity index (χ1v) is 12.2. The van der Waals surface area contributed by atoms with E-state index < -0.39 is 15.9 Å². The highest BCUT2D eigenvalue weighted by Gasteiger charge is 2.34. The van der Waals surface area contributed by atoms with Crippen LogP contribution in [0, 0.1) is 5.92 Å². The SMILES string of the molecule is COc1ccccc1CNC(=O)C1CCCN(S(=O)(=O)c2ccc3c(c2)OCCN3C)C1. The third-order valence-electron chi connectivity index (χ3n) is 6.07. The number of amides is 1. The molecule has 1 atom stereocenters. The van der Waals surface area contributed by atoms with Gasteiger partial charge in [0, 0.05) is 38.3 Å². The smallest absolute Gasteiger partial charge is 0.243 e. The van der Waals surface area contributed by atoms with Crippen molar-refractivity contribution in [1.82, 2.24) is 9.62 Å². The molecular formula is C23H29N3O5S. The number of likely N-dealkylation sites (N-methyl/N-ethyl adjacent to an activating group) is 1. The van der Waals surface area contributed by atoms with Crippen LogP contribution in [0.3, 0.4) is 0 Å². The Morgan fingerprint density at radius 3 is 2.84 bits per heavy atom. The molecule has 1 amide bonds. The zero-order valence-electron chi connectivity index (χ0n) is 18.4. The zero-order chi connectivity index (χ0) is 22.7. The highest BCUT2D eigenvalue weighted by molar-refractivity contribution is 7.89. The average Bonchev–Trinajstić information content (AvgIpc) is 2.82. The van der Waals surface area contributed by atoms with Gasteiger partial charge in [-0.2, -0.15) is 4.31 Å². The molecule has 0 aromatic heterocycles. The van der Waals surface area contributed by atoms with Gasteiger partial charge in [-0.3, -0.25) is 4.79 Å². The summed E-state index contributed by atoms with van der Waals surface area (Å²) in [6.45, 7) is 2.18. The molecule has 2 aromatic rings. The van der Waals surface area contributed by atoms with Crippen molar-refractivity contribution in [3.63, 3.8) is 0 Å². The topological polar surface area (TPSA) is 88.2 Å². The number of ether oxygens (including phenoxy) is 2. The van der Waals surface area contributed by atoms with E-state index in [0.29, 0.717) is 44.0 Å². The van der Waals surface area contributed by atoms with E-state index in [1.54, 1.807) is 25.3 Å². The standard InChI is InChI=1S/C23H29N3O5S/c1-25-12-13-31-22-14-19(9-10-20(22)25)32(28,29)26-11-5-7-18(16-26)23(27)24-15-17-6-3-4-8-21(17)30-2/h3-4,6,8-10,14,18H,5,7,11-13,15-16H2,1-2H3,(H,24,27). The average molecular weight is 460 g/mol. The Hall–Kier alpha value is -2.78. The minimum Gasteiger partial charge on any atom is -0.496 e. The number of hydrogen-bond donors (Lipinski definition) is 1. The fourth-order valence-electron chi connectivity index (χ4n) is 4.20. The van der Waals surface area contributed by atoms with E-state index in [-0.39, 0.29) is 17.3 Å². The summed E-state index contributed by atoms with van der Waals surface area (Å²) in [5.41, 5.74) is 1.75. The lowest BCUT2D eigenvalue weighted by Crippen LogP contribution is -2.45. The molecule has 0 bridgehead atoms. The Labute approximate surface area is 189 Å². The largest absolute Gasteiger partial charge is 0.496 e. The molecule has 4 rings (SSSR count). The molecule has 0 aliphatic carbocycles.